The van der Waals surface area contributed by atoms with Gasteiger partial charge in [-0.1, -0.05) is 91.5 Å². The fourth-order valence-electron chi connectivity index (χ4n) is 2.18. The lowest BCUT2D eigenvalue weighted by Crippen LogP contribution is -1.88. The maximum absolute atomic E-state index is 3.92. The molecule has 0 aliphatic heterocycles. The molecule has 0 aliphatic carbocycles. The van der Waals surface area contributed by atoms with Crippen molar-refractivity contribution >= 4 is 11.6 Å². The summed E-state index contributed by atoms with van der Waals surface area (Å²) < 4.78 is 0. The summed E-state index contributed by atoms with van der Waals surface area (Å²) in [5, 5.41) is 0. The van der Waals surface area contributed by atoms with E-state index in [4.69, 9.17) is 0 Å². The van der Waals surface area contributed by atoms with E-state index in [9.17, 15) is 0 Å². The van der Waals surface area contributed by atoms with E-state index in [0.29, 0.717) is 0 Å². The van der Waals surface area contributed by atoms with Crippen LogP contribution in [0.1, 0.15) is 16.7 Å². The predicted molar refractivity (Wildman–Crippen MR) is 94.0 cm³/mol. The molecule has 2 rings (SSSR count). The number of aryl methyl sites for hydroxylation is 1. The summed E-state index contributed by atoms with van der Waals surface area (Å²) in [4.78, 5) is 0. The van der Waals surface area contributed by atoms with Crippen molar-refractivity contribution in [1.29, 1.82) is 0 Å². The molecular formula is C21H20. The first-order valence-corrected chi connectivity index (χ1v) is 7.04. The topological polar surface area (TPSA) is 0 Å². The summed E-state index contributed by atoms with van der Waals surface area (Å²) in [7, 11) is 0. The molecule has 0 fully saturated rings. The highest BCUT2D eigenvalue weighted by atomic mass is 14.1. The van der Waals surface area contributed by atoms with Gasteiger partial charge in [-0.3, -0.25) is 0 Å². The number of hydrogen-bond acceptors (Lipinski definition) is 0. The van der Waals surface area contributed by atoms with E-state index in [2.05, 4.69) is 62.6 Å². The fraction of sp³-hybridized carbons (Fsp3) is 0.0476. The van der Waals surface area contributed by atoms with Crippen LogP contribution in [0.4, 0.5) is 0 Å². The zero-order valence-corrected chi connectivity index (χ0v) is 12.4. The van der Waals surface area contributed by atoms with E-state index < -0.39 is 0 Å². The summed E-state index contributed by atoms with van der Waals surface area (Å²) in [6.45, 7) is 9.81. The molecule has 0 amide bonds. The van der Waals surface area contributed by atoms with Gasteiger partial charge in [0, 0.05) is 0 Å². The Hall–Kier alpha value is -2.60. The van der Waals surface area contributed by atoms with Crippen LogP contribution in [0.3, 0.4) is 0 Å². The molecule has 0 heteroatoms. The molecule has 0 spiro atoms. The number of rotatable bonds is 5. The van der Waals surface area contributed by atoms with Crippen LogP contribution >= 0.6 is 0 Å². The van der Waals surface area contributed by atoms with Gasteiger partial charge in [-0.05, 0) is 35.3 Å². The third-order valence-corrected chi connectivity index (χ3v) is 3.30. The third kappa shape index (κ3) is 3.93. The Kier molecular flexibility index (Phi) is 5.11. The van der Waals surface area contributed by atoms with Gasteiger partial charge in [0.05, 0.1) is 0 Å². The van der Waals surface area contributed by atoms with Gasteiger partial charge in [-0.15, -0.1) is 0 Å². The molecule has 21 heavy (non-hydrogen) atoms. The second-order valence-corrected chi connectivity index (χ2v) is 4.90. The molecular weight excluding hydrogens is 252 g/mol. The molecule has 0 heterocycles. The molecule has 0 nitrogen and oxygen atoms in total. The van der Waals surface area contributed by atoms with E-state index in [1.165, 1.54) is 16.7 Å². The number of allylic oxidation sites excluding steroid dienone is 5. The summed E-state index contributed by atoms with van der Waals surface area (Å²) in [5.74, 6) is 0. The van der Waals surface area contributed by atoms with E-state index >= 15 is 0 Å². The van der Waals surface area contributed by atoms with E-state index in [1.807, 2.05) is 30.4 Å². The average molecular weight is 272 g/mol. The van der Waals surface area contributed by atoms with Gasteiger partial charge in [0.25, 0.3) is 0 Å². The summed E-state index contributed by atoms with van der Waals surface area (Å²) in [5.41, 5.74) is 5.83. The van der Waals surface area contributed by atoms with Crippen LogP contribution < -0.4 is 0 Å². The maximum Gasteiger partial charge on any atom is -0.0106 e. The molecule has 0 aromatic heterocycles. The van der Waals surface area contributed by atoms with Crippen molar-refractivity contribution in [2.45, 2.75) is 6.92 Å². The Morgan fingerprint density at radius 1 is 0.905 bits per heavy atom. The summed E-state index contributed by atoms with van der Waals surface area (Å²) in [6, 6.07) is 18.9. The first kappa shape index (κ1) is 14.8. The van der Waals surface area contributed by atoms with Gasteiger partial charge < -0.3 is 0 Å². The minimum atomic E-state index is 1.07. The van der Waals surface area contributed by atoms with Crippen LogP contribution in [0.25, 0.3) is 11.6 Å². The molecule has 0 unspecified atom stereocenters. The van der Waals surface area contributed by atoms with Gasteiger partial charge in [-0.25, -0.2) is 0 Å². The lowest BCUT2D eigenvalue weighted by Gasteiger charge is -2.09. The molecule has 2 aromatic carbocycles. The molecule has 0 bridgehead atoms. The van der Waals surface area contributed by atoms with Gasteiger partial charge in [0.15, 0.2) is 0 Å². The minimum Gasteiger partial charge on any atom is -0.0990 e. The summed E-state index contributed by atoms with van der Waals surface area (Å²) in [6.07, 6.45) is 7.84. The van der Waals surface area contributed by atoms with Crippen LogP contribution in [0.15, 0.2) is 91.6 Å². The highest BCUT2D eigenvalue weighted by molar-refractivity contribution is 5.92. The molecule has 0 saturated carbocycles. The SMILES string of the molecule is C=C/C=C(C=C)/C(=C\c1ccc(C)cc1)c1ccccc1. The van der Waals surface area contributed by atoms with Crippen molar-refractivity contribution in [3.05, 3.63) is 108 Å². The lowest BCUT2D eigenvalue weighted by molar-refractivity contribution is 1.46. The Bertz CT molecular complexity index is 668. The van der Waals surface area contributed by atoms with Crippen molar-refractivity contribution in [2.24, 2.45) is 0 Å². The van der Waals surface area contributed by atoms with Crippen LogP contribution in [0.5, 0.6) is 0 Å². The van der Waals surface area contributed by atoms with Crippen molar-refractivity contribution < 1.29 is 0 Å². The van der Waals surface area contributed by atoms with Gasteiger partial charge in [0.2, 0.25) is 0 Å². The largest absolute Gasteiger partial charge is 0.0990 e. The van der Waals surface area contributed by atoms with Crippen LogP contribution in [0, 0.1) is 6.92 Å². The molecule has 0 radical (unpaired) electrons. The van der Waals surface area contributed by atoms with E-state index in [1.54, 1.807) is 6.08 Å². The van der Waals surface area contributed by atoms with Gasteiger partial charge >= 0.3 is 0 Å². The summed E-state index contributed by atoms with van der Waals surface area (Å²) >= 11 is 0. The first-order chi connectivity index (χ1) is 10.2. The predicted octanol–water partition coefficient (Wildman–Crippen LogP) is 5.83. The lowest BCUT2D eigenvalue weighted by atomic mass is 9.95. The Morgan fingerprint density at radius 2 is 1.57 bits per heavy atom. The van der Waals surface area contributed by atoms with Crippen molar-refractivity contribution in [2.75, 3.05) is 0 Å². The first-order valence-electron chi connectivity index (χ1n) is 7.04. The Balaban J connectivity index is 2.55. The molecule has 0 saturated heterocycles. The second-order valence-electron chi connectivity index (χ2n) is 4.90. The average Bonchev–Trinajstić information content (AvgIpc) is 2.53. The van der Waals surface area contributed by atoms with Gasteiger partial charge in [0.1, 0.15) is 0 Å². The van der Waals surface area contributed by atoms with E-state index in [-0.39, 0.29) is 0 Å². The van der Waals surface area contributed by atoms with Gasteiger partial charge in [-0.2, -0.15) is 0 Å². The van der Waals surface area contributed by atoms with Crippen molar-refractivity contribution in [1.82, 2.24) is 0 Å². The zero-order valence-electron chi connectivity index (χ0n) is 12.4. The van der Waals surface area contributed by atoms with E-state index in [0.717, 1.165) is 11.1 Å². The number of benzene rings is 2. The molecule has 2 aromatic rings. The Morgan fingerprint density at radius 3 is 2.14 bits per heavy atom. The number of hydrogen-bond donors (Lipinski definition) is 0. The Labute approximate surface area is 127 Å². The molecule has 104 valence electrons. The smallest absolute Gasteiger partial charge is 0.0106 e. The molecule has 0 N–H and O–H groups in total. The maximum atomic E-state index is 3.92. The van der Waals surface area contributed by atoms with Crippen molar-refractivity contribution in [3.8, 4) is 0 Å². The zero-order chi connectivity index (χ0) is 15.1. The monoisotopic (exact) mass is 272 g/mol. The third-order valence-electron chi connectivity index (χ3n) is 3.30. The highest BCUT2D eigenvalue weighted by Gasteiger charge is 2.05. The fourth-order valence-corrected chi connectivity index (χ4v) is 2.18. The minimum absolute atomic E-state index is 1.07. The van der Waals surface area contributed by atoms with Crippen LogP contribution in [0.2, 0.25) is 0 Å². The quantitative estimate of drug-likeness (QED) is 0.474. The van der Waals surface area contributed by atoms with Crippen molar-refractivity contribution in [3.63, 3.8) is 0 Å². The molecule has 0 aliphatic rings. The highest BCUT2D eigenvalue weighted by Crippen LogP contribution is 2.26. The normalized spacial score (nSPS) is 12.0. The van der Waals surface area contributed by atoms with Crippen LogP contribution in [-0.4, -0.2) is 0 Å². The van der Waals surface area contributed by atoms with Crippen LogP contribution in [-0.2, 0) is 0 Å². The second kappa shape index (κ2) is 7.25. The molecule has 0 atom stereocenters. The standard InChI is InChI=1S/C21H20/c1-4-9-19(5-2)21(20-10-7-6-8-11-20)16-18-14-12-17(3)13-15-18/h4-16H,1-2H2,3H3/b19-9+,21-16+.